The molecule has 1 rings (SSSR count). The second kappa shape index (κ2) is 8.26. The van der Waals surface area contributed by atoms with E-state index in [-0.39, 0.29) is 4.90 Å². The highest BCUT2D eigenvalue weighted by Crippen LogP contribution is 2.17. The molecule has 0 fully saturated rings. The van der Waals surface area contributed by atoms with Gasteiger partial charge in [0.1, 0.15) is 11.6 Å². The molecule has 0 heterocycles. The first-order chi connectivity index (χ1) is 12.1. The van der Waals surface area contributed by atoms with Gasteiger partial charge in [-0.25, -0.2) is 17.9 Å². The third kappa shape index (κ3) is 8.40. The predicted octanol–water partition coefficient (Wildman–Crippen LogP) is 2.62. The maximum absolute atomic E-state index is 12.4. The third-order valence-electron chi connectivity index (χ3n) is 2.98. The van der Waals surface area contributed by atoms with Crippen LogP contribution < -0.4 is 15.4 Å². The van der Waals surface area contributed by atoms with E-state index in [1.54, 1.807) is 47.6 Å². The molecule has 8 nitrogen and oxygen atoms in total. The second-order valence-corrected chi connectivity index (χ2v) is 9.92. The van der Waals surface area contributed by atoms with Crippen LogP contribution in [0.4, 0.5) is 10.5 Å². The molecule has 0 saturated carbocycles. The molecule has 2 amide bonds. The van der Waals surface area contributed by atoms with Gasteiger partial charge in [-0.05, 0) is 66.7 Å². The van der Waals surface area contributed by atoms with Crippen LogP contribution in [0.15, 0.2) is 29.2 Å². The van der Waals surface area contributed by atoms with E-state index in [4.69, 9.17) is 4.74 Å². The summed E-state index contributed by atoms with van der Waals surface area (Å²) in [5.41, 5.74) is -1.01. The highest BCUT2D eigenvalue weighted by atomic mass is 32.2. The van der Waals surface area contributed by atoms with Crippen molar-refractivity contribution in [1.29, 1.82) is 0 Å². The van der Waals surface area contributed by atoms with Crippen LogP contribution in [0.3, 0.4) is 0 Å². The van der Waals surface area contributed by atoms with E-state index >= 15 is 0 Å². The highest BCUT2D eigenvalue weighted by Gasteiger charge is 2.23. The number of nitrogens with one attached hydrogen (secondary N) is 3. The molecule has 0 radical (unpaired) electrons. The molecule has 0 aliphatic carbocycles. The van der Waals surface area contributed by atoms with Crippen molar-refractivity contribution in [2.24, 2.45) is 0 Å². The molecule has 1 unspecified atom stereocenters. The van der Waals surface area contributed by atoms with Crippen LogP contribution in [0.25, 0.3) is 0 Å². The van der Waals surface area contributed by atoms with Crippen molar-refractivity contribution in [1.82, 2.24) is 10.0 Å². The van der Waals surface area contributed by atoms with Gasteiger partial charge in [-0.1, -0.05) is 6.07 Å². The molecule has 0 saturated heterocycles. The van der Waals surface area contributed by atoms with Crippen molar-refractivity contribution in [2.75, 3.05) is 5.32 Å². The first-order valence-electron chi connectivity index (χ1n) is 8.53. The minimum Gasteiger partial charge on any atom is -0.444 e. The van der Waals surface area contributed by atoms with Crippen LogP contribution in [0.5, 0.6) is 0 Å². The van der Waals surface area contributed by atoms with Crippen molar-refractivity contribution in [3.05, 3.63) is 24.3 Å². The van der Waals surface area contributed by atoms with Gasteiger partial charge in [-0.2, -0.15) is 0 Å². The number of sulfonamides is 1. The fraction of sp³-hybridized carbons (Fsp3) is 0.556. The molecule has 152 valence electrons. The Morgan fingerprint density at radius 1 is 1.07 bits per heavy atom. The summed E-state index contributed by atoms with van der Waals surface area (Å²) in [6.07, 6.45) is -0.712. The maximum atomic E-state index is 12.4. The van der Waals surface area contributed by atoms with E-state index in [1.807, 2.05) is 0 Å². The average molecular weight is 400 g/mol. The second-order valence-electron chi connectivity index (χ2n) is 8.24. The Bertz CT molecular complexity index is 792. The number of alkyl carbamates (subject to hydrolysis) is 1. The molecule has 27 heavy (non-hydrogen) atoms. The fourth-order valence-electron chi connectivity index (χ4n) is 2.00. The van der Waals surface area contributed by atoms with Crippen molar-refractivity contribution < 1.29 is 22.7 Å². The number of anilines is 1. The number of ether oxygens (including phenoxy) is 1. The standard InChI is InChI=1S/C18H29N3O5S/c1-12(19-16(23)26-18(5,6)7)15(22)20-13-9-8-10-14(11-13)27(24,25)21-17(2,3)4/h8-12,21H,1-7H3,(H,19,23)(H,20,22). The summed E-state index contributed by atoms with van der Waals surface area (Å²) < 4.78 is 32.5. The number of amides is 2. The smallest absolute Gasteiger partial charge is 0.408 e. The first kappa shape index (κ1) is 22.9. The van der Waals surface area contributed by atoms with Crippen LogP contribution in [-0.2, 0) is 19.6 Å². The monoisotopic (exact) mass is 399 g/mol. The Morgan fingerprint density at radius 2 is 1.67 bits per heavy atom. The number of hydrogen-bond acceptors (Lipinski definition) is 5. The van der Waals surface area contributed by atoms with Gasteiger partial charge in [-0.15, -0.1) is 0 Å². The van der Waals surface area contributed by atoms with E-state index < -0.39 is 39.2 Å². The SMILES string of the molecule is CC(NC(=O)OC(C)(C)C)C(=O)Nc1cccc(S(=O)(=O)NC(C)(C)C)c1. The zero-order valence-corrected chi connectivity index (χ0v) is 17.7. The summed E-state index contributed by atoms with van der Waals surface area (Å²) in [6.45, 7) is 11.9. The molecule has 0 spiro atoms. The maximum Gasteiger partial charge on any atom is 0.408 e. The Kier molecular flexibility index (Phi) is 7.01. The third-order valence-corrected chi connectivity index (χ3v) is 4.73. The van der Waals surface area contributed by atoms with Crippen molar-refractivity contribution in [2.45, 2.75) is 70.5 Å². The summed E-state index contributed by atoms with van der Waals surface area (Å²) in [5.74, 6) is -0.501. The molecular formula is C18H29N3O5S. The van der Waals surface area contributed by atoms with Gasteiger partial charge in [0, 0.05) is 11.2 Å². The van der Waals surface area contributed by atoms with E-state index in [2.05, 4.69) is 15.4 Å². The summed E-state index contributed by atoms with van der Waals surface area (Å²) in [4.78, 5) is 24.0. The molecular weight excluding hydrogens is 370 g/mol. The summed E-state index contributed by atoms with van der Waals surface area (Å²) in [6, 6.07) is 5.01. The largest absolute Gasteiger partial charge is 0.444 e. The van der Waals surface area contributed by atoms with Crippen LogP contribution >= 0.6 is 0 Å². The van der Waals surface area contributed by atoms with E-state index in [9.17, 15) is 18.0 Å². The molecule has 0 aliphatic rings. The average Bonchev–Trinajstić information content (AvgIpc) is 2.42. The molecule has 0 aliphatic heterocycles. The summed E-state index contributed by atoms with van der Waals surface area (Å²) in [5, 5.41) is 5.01. The zero-order chi connectivity index (χ0) is 21.0. The van der Waals surface area contributed by atoms with Gasteiger partial charge in [0.2, 0.25) is 15.9 Å². The lowest BCUT2D eigenvalue weighted by atomic mass is 10.1. The molecule has 1 aromatic carbocycles. The summed E-state index contributed by atoms with van der Waals surface area (Å²) >= 11 is 0. The van der Waals surface area contributed by atoms with Crippen molar-refractivity contribution in [3.63, 3.8) is 0 Å². The lowest BCUT2D eigenvalue weighted by Crippen LogP contribution is -2.44. The number of rotatable bonds is 5. The number of carbonyl (C=O) groups is 2. The Morgan fingerprint density at radius 3 is 2.19 bits per heavy atom. The van der Waals surface area contributed by atoms with Crippen LogP contribution in [0.2, 0.25) is 0 Å². The van der Waals surface area contributed by atoms with Crippen molar-refractivity contribution >= 4 is 27.7 Å². The highest BCUT2D eigenvalue weighted by molar-refractivity contribution is 7.89. The molecule has 3 N–H and O–H groups in total. The normalized spacial score (nSPS) is 13.6. The minimum atomic E-state index is -3.73. The molecule has 0 bridgehead atoms. The molecule has 9 heteroatoms. The van der Waals surface area contributed by atoms with Crippen LogP contribution in [0.1, 0.15) is 48.5 Å². The number of hydrogen-bond donors (Lipinski definition) is 3. The Labute approximate surface area is 161 Å². The van der Waals surface area contributed by atoms with Crippen LogP contribution in [0, 0.1) is 0 Å². The lowest BCUT2D eigenvalue weighted by molar-refractivity contribution is -0.117. The fourth-order valence-corrected chi connectivity index (χ4v) is 3.47. The van der Waals surface area contributed by atoms with Gasteiger partial charge in [0.15, 0.2) is 0 Å². The van der Waals surface area contributed by atoms with E-state index in [0.717, 1.165) is 0 Å². The quantitative estimate of drug-likeness (QED) is 0.704. The number of benzene rings is 1. The molecule has 1 atom stereocenters. The topological polar surface area (TPSA) is 114 Å². The van der Waals surface area contributed by atoms with Gasteiger partial charge in [-0.3, -0.25) is 4.79 Å². The van der Waals surface area contributed by atoms with Gasteiger partial charge < -0.3 is 15.4 Å². The minimum absolute atomic E-state index is 0.0305. The predicted molar refractivity (Wildman–Crippen MR) is 104 cm³/mol. The van der Waals surface area contributed by atoms with Gasteiger partial charge >= 0.3 is 6.09 Å². The first-order valence-corrected chi connectivity index (χ1v) is 10.0. The Balaban J connectivity index is 2.82. The van der Waals surface area contributed by atoms with Gasteiger partial charge in [0.25, 0.3) is 0 Å². The van der Waals surface area contributed by atoms with E-state index in [0.29, 0.717) is 5.69 Å². The molecule has 1 aromatic rings. The van der Waals surface area contributed by atoms with E-state index in [1.165, 1.54) is 25.1 Å². The van der Waals surface area contributed by atoms with Crippen LogP contribution in [-0.4, -0.2) is 37.6 Å². The number of carbonyl (C=O) groups excluding carboxylic acids is 2. The Hall–Kier alpha value is -2.13. The molecule has 0 aromatic heterocycles. The zero-order valence-electron chi connectivity index (χ0n) is 16.8. The summed E-state index contributed by atoms with van der Waals surface area (Å²) in [7, 11) is -3.73. The van der Waals surface area contributed by atoms with Crippen molar-refractivity contribution in [3.8, 4) is 0 Å². The lowest BCUT2D eigenvalue weighted by Gasteiger charge is -2.22. The van der Waals surface area contributed by atoms with Gasteiger partial charge in [0.05, 0.1) is 4.90 Å².